The van der Waals surface area contributed by atoms with Gasteiger partial charge in [-0.25, -0.2) is 0 Å². The number of piperazine rings is 1. The first kappa shape index (κ1) is 22.7. The van der Waals surface area contributed by atoms with Crippen molar-refractivity contribution >= 4 is 41.3 Å². The molecule has 7 heteroatoms. The van der Waals surface area contributed by atoms with E-state index in [4.69, 9.17) is 0 Å². The van der Waals surface area contributed by atoms with Crippen LogP contribution in [0.4, 0.5) is 0 Å². The molecule has 0 radical (unpaired) electrons. The van der Waals surface area contributed by atoms with Crippen LogP contribution >= 0.6 is 35.3 Å². The Bertz CT molecular complexity index is 486. The number of nitrogens with one attached hydrogen (secondary N) is 1. The summed E-state index contributed by atoms with van der Waals surface area (Å²) in [5.41, 5.74) is 0. The summed E-state index contributed by atoms with van der Waals surface area (Å²) in [7, 11) is 3.99. The number of nitrogens with zero attached hydrogens (tertiary/aromatic N) is 4. The molecule has 1 aliphatic rings. The normalized spacial score (nSPS) is 17.8. The molecule has 144 valence electrons. The van der Waals surface area contributed by atoms with Crippen LogP contribution in [0.3, 0.4) is 0 Å². The van der Waals surface area contributed by atoms with Gasteiger partial charge in [0.1, 0.15) is 0 Å². The summed E-state index contributed by atoms with van der Waals surface area (Å²) in [6.07, 6.45) is 1.07. The van der Waals surface area contributed by atoms with Gasteiger partial charge >= 0.3 is 0 Å². The Hall–Kier alpha value is -0.380. The SMILES string of the molecule is CCN1CCN(C(C)CNC(=NC)N(C)CCc2cccs2)CC1.I. The fraction of sp³-hybridized carbons (Fsp3) is 0.722. The molecule has 0 aromatic carbocycles. The maximum Gasteiger partial charge on any atom is 0.193 e. The number of hydrogen-bond donors (Lipinski definition) is 1. The first-order valence-electron chi connectivity index (χ1n) is 9.04. The highest BCUT2D eigenvalue weighted by Gasteiger charge is 2.20. The van der Waals surface area contributed by atoms with Crippen molar-refractivity contribution in [2.24, 2.45) is 4.99 Å². The number of aliphatic imine (C=N–C) groups is 1. The minimum absolute atomic E-state index is 0. The minimum atomic E-state index is 0. The summed E-state index contributed by atoms with van der Waals surface area (Å²) < 4.78 is 0. The third kappa shape index (κ3) is 7.40. The van der Waals surface area contributed by atoms with Crippen molar-refractivity contribution in [2.75, 3.05) is 59.9 Å². The van der Waals surface area contributed by atoms with E-state index in [1.165, 1.54) is 37.6 Å². The van der Waals surface area contributed by atoms with E-state index >= 15 is 0 Å². The van der Waals surface area contributed by atoms with E-state index in [1.807, 2.05) is 18.4 Å². The molecule has 5 nitrogen and oxygen atoms in total. The van der Waals surface area contributed by atoms with Gasteiger partial charge in [-0.1, -0.05) is 13.0 Å². The molecule has 0 saturated carbocycles. The fourth-order valence-corrected chi connectivity index (χ4v) is 3.81. The van der Waals surface area contributed by atoms with Crippen LogP contribution in [-0.4, -0.2) is 86.6 Å². The summed E-state index contributed by atoms with van der Waals surface area (Å²) in [6.45, 7) is 12.4. The Morgan fingerprint density at radius 2 is 2.08 bits per heavy atom. The molecule has 1 aromatic heterocycles. The van der Waals surface area contributed by atoms with Crippen molar-refractivity contribution in [2.45, 2.75) is 26.3 Å². The van der Waals surface area contributed by atoms with Gasteiger partial charge in [-0.2, -0.15) is 0 Å². The van der Waals surface area contributed by atoms with E-state index in [-0.39, 0.29) is 24.0 Å². The zero-order valence-electron chi connectivity index (χ0n) is 16.1. The van der Waals surface area contributed by atoms with Gasteiger partial charge in [0.25, 0.3) is 0 Å². The van der Waals surface area contributed by atoms with Crippen molar-refractivity contribution in [3.8, 4) is 0 Å². The van der Waals surface area contributed by atoms with E-state index < -0.39 is 0 Å². The van der Waals surface area contributed by atoms with Crippen LogP contribution < -0.4 is 5.32 Å². The van der Waals surface area contributed by atoms with Crippen molar-refractivity contribution in [1.29, 1.82) is 0 Å². The van der Waals surface area contributed by atoms with E-state index in [9.17, 15) is 0 Å². The van der Waals surface area contributed by atoms with Gasteiger partial charge in [0.05, 0.1) is 0 Å². The molecular weight excluding hydrogens is 445 g/mol. The van der Waals surface area contributed by atoms with E-state index in [1.54, 1.807) is 0 Å². The molecule has 0 amide bonds. The van der Waals surface area contributed by atoms with E-state index in [0.29, 0.717) is 6.04 Å². The van der Waals surface area contributed by atoms with Crippen LogP contribution in [0.25, 0.3) is 0 Å². The molecule has 0 bridgehead atoms. The summed E-state index contributed by atoms with van der Waals surface area (Å²) in [6, 6.07) is 4.85. The Balaban J connectivity index is 0.00000312. The number of thiophene rings is 1. The van der Waals surface area contributed by atoms with Gasteiger partial charge in [0.15, 0.2) is 5.96 Å². The lowest BCUT2D eigenvalue weighted by Gasteiger charge is -2.38. The Kier molecular flexibility index (Phi) is 11.0. The second kappa shape index (κ2) is 12.1. The Morgan fingerprint density at radius 1 is 1.36 bits per heavy atom. The second-order valence-corrected chi connectivity index (χ2v) is 7.53. The van der Waals surface area contributed by atoms with Crippen molar-refractivity contribution in [1.82, 2.24) is 20.0 Å². The quantitative estimate of drug-likeness (QED) is 0.370. The Labute approximate surface area is 174 Å². The molecule has 1 saturated heterocycles. The van der Waals surface area contributed by atoms with E-state index in [0.717, 1.165) is 25.5 Å². The zero-order valence-corrected chi connectivity index (χ0v) is 19.2. The number of hydrogen-bond acceptors (Lipinski definition) is 4. The van der Waals surface area contributed by atoms with Gasteiger partial charge in [-0.05, 0) is 31.3 Å². The standard InChI is InChI=1S/C18H33N5S.HI/c1-5-22-10-12-23(13-11-22)16(2)15-20-18(19-3)21(4)9-8-17-7-6-14-24-17;/h6-7,14,16H,5,8-13,15H2,1-4H3,(H,19,20);1H. The van der Waals surface area contributed by atoms with Gasteiger partial charge < -0.3 is 15.1 Å². The number of halogens is 1. The van der Waals surface area contributed by atoms with E-state index in [2.05, 4.69) is 63.4 Å². The third-order valence-electron chi connectivity index (χ3n) is 4.88. The smallest absolute Gasteiger partial charge is 0.193 e. The maximum absolute atomic E-state index is 4.44. The van der Waals surface area contributed by atoms with Gasteiger partial charge in [-0.15, -0.1) is 35.3 Å². The Morgan fingerprint density at radius 3 is 2.64 bits per heavy atom. The predicted molar refractivity (Wildman–Crippen MR) is 121 cm³/mol. The van der Waals surface area contributed by atoms with Crippen LogP contribution in [0.2, 0.25) is 0 Å². The molecule has 1 aromatic rings. The molecule has 1 fully saturated rings. The molecule has 0 aliphatic carbocycles. The molecule has 2 heterocycles. The van der Waals surface area contributed by atoms with Crippen LogP contribution in [0, 0.1) is 0 Å². The maximum atomic E-state index is 4.44. The lowest BCUT2D eigenvalue weighted by molar-refractivity contribution is 0.107. The lowest BCUT2D eigenvalue weighted by atomic mass is 10.2. The summed E-state index contributed by atoms with van der Waals surface area (Å²) in [5, 5.41) is 5.69. The molecule has 1 unspecified atom stereocenters. The minimum Gasteiger partial charge on any atom is -0.355 e. The van der Waals surface area contributed by atoms with Gasteiger partial charge in [-0.3, -0.25) is 9.89 Å². The molecule has 0 spiro atoms. The average Bonchev–Trinajstić information content (AvgIpc) is 3.14. The molecule has 2 rings (SSSR count). The van der Waals surface area contributed by atoms with Crippen molar-refractivity contribution in [3.05, 3.63) is 22.4 Å². The van der Waals surface area contributed by atoms with Crippen molar-refractivity contribution < 1.29 is 0 Å². The fourth-order valence-electron chi connectivity index (χ4n) is 3.11. The van der Waals surface area contributed by atoms with Crippen LogP contribution in [-0.2, 0) is 6.42 Å². The highest BCUT2D eigenvalue weighted by molar-refractivity contribution is 14.0. The summed E-state index contributed by atoms with van der Waals surface area (Å²) in [5.74, 6) is 0.991. The highest BCUT2D eigenvalue weighted by Crippen LogP contribution is 2.09. The van der Waals surface area contributed by atoms with Crippen molar-refractivity contribution in [3.63, 3.8) is 0 Å². The van der Waals surface area contributed by atoms with Gasteiger partial charge in [0.2, 0.25) is 0 Å². The average molecular weight is 479 g/mol. The first-order valence-corrected chi connectivity index (χ1v) is 9.92. The third-order valence-corrected chi connectivity index (χ3v) is 5.82. The van der Waals surface area contributed by atoms with Crippen LogP contribution in [0.5, 0.6) is 0 Å². The van der Waals surface area contributed by atoms with Gasteiger partial charge in [0, 0.05) is 64.3 Å². The molecular formula is C18H34IN5S. The predicted octanol–water partition coefficient (Wildman–Crippen LogP) is 2.44. The molecule has 25 heavy (non-hydrogen) atoms. The zero-order chi connectivity index (χ0) is 17.4. The number of likely N-dealkylation sites (N-methyl/N-ethyl adjacent to an activating group) is 2. The lowest BCUT2D eigenvalue weighted by Crippen LogP contribution is -2.53. The second-order valence-electron chi connectivity index (χ2n) is 6.50. The topological polar surface area (TPSA) is 34.1 Å². The summed E-state index contributed by atoms with van der Waals surface area (Å²) in [4.78, 5) is 13.2. The highest BCUT2D eigenvalue weighted by atomic mass is 127. The molecule has 1 atom stereocenters. The number of guanidine groups is 1. The van der Waals surface area contributed by atoms with Crippen LogP contribution in [0.15, 0.2) is 22.5 Å². The molecule has 1 N–H and O–H groups in total. The largest absolute Gasteiger partial charge is 0.355 e. The number of rotatable bonds is 7. The molecule has 1 aliphatic heterocycles. The first-order chi connectivity index (χ1) is 11.6. The monoisotopic (exact) mass is 479 g/mol. The van der Waals surface area contributed by atoms with Crippen LogP contribution in [0.1, 0.15) is 18.7 Å². The summed E-state index contributed by atoms with van der Waals surface area (Å²) >= 11 is 1.83.